The Kier molecular flexibility index (Phi) is 3.32. The van der Waals surface area contributed by atoms with Crippen molar-refractivity contribution in [2.24, 2.45) is 0 Å². The van der Waals surface area contributed by atoms with Crippen LogP contribution in [0.25, 0.3) is 22.8 Å². The maximum absolute atomic E-state index is 12.5. The van der Waals surface area contributed by atoms with Gasteiger partial charge in [-0.2, -0.15) is 18.2 Å². The molecule has 0 unspecified atom stereocenters. The Balaban J connectivity index is 1.97. The first-order valence-electron chi connectivity index (χ1n) is 6.10. The molecule has 3 aromatic heterocycles. The van der Waals surface area contributed by atoms with Gasteiger partial charge in [-0.05, 0) is 19.1 Å². The maximum atomic E-state index is 12.5. The van der Waals surface area contributed by atoms with Crippen LogP contribution in [0.1, 0.15) is 11.6 Å². The summed E-state index contributed by atoms with van der Waals surface area (Å²) in [5, 5.41) is 3.33. The molecule has 0 saturated heterocycles. The van der Waals surface area contributed by atoms with Gasteiger partial charge in [0.05, 0.1) is 17.6 Å². The van der Waals surface area contributed by atoms with Crippen LogP contribution in [-0.2, 0) is 6.18 Å². The molecule has 22 heavy (non-hydrogen) atoms. The summed E-state index contributed by atoms with van der Waals surface area (Å²) in [6, 6.07) is 3.00. The SMILES string of the molecule is Cc1cnc(-c2cc(-c3noc(C(F)(F)F)n3)ccn2)cn1. The number of aryl methyl sites for hydroxylation is 1. The third kappa shape index (κ3) is 2.78. The Morgan fingerprint density at radius 3 is 2.50 bits per heavy atom. The minimum Gasteiger partial charge on any atom is -0.329 e. The fraction of sp³-hybridized carbons (Fsp3) is 0.154. The molecule has 0 aliphatic carbocycles. The van der Waals surface area contributed by atoms with Crippen molar-refractivity contribution >= 4 is 0 Å². The van der Waals surface area contributed by atoms with E-state index in [1.165, 1.54) is 24.5 Å². The van der Waals surface area contributed by atoms with Gasteiger partial charge in [0.15, 0.2) is 0 Å². The van der Waals surface area contributed by atoms with E-state index in [9.17, 15) is 13.2 Å². The minimum atomic E-state index is -4.68. The molecule has 0 atom stereocenters. The molecule has 6 nitrogen and oxygen atoms in total. The molecule has 0 aliphatic rings. The number of rotatable bonds is 2. The summed E-state index contributed by atoms with van der Waals surface area (Å²) in [4.78, 5) is 15.7. The average molecular weight is 307 g/mol. The molecule has 3 aromatic rings. The first-order chi connectivity index (χ1) is 10.4. The van der Waals surface area contributed by atoms with Gasteiger partial charge in [0.1, 0.15) is 5.69 Å². The van der Waals surface area contributed by atoms with Gasteiger partial charge in [-0.25, -0.2) is 0 Å². The summed E-state index contributed by atoms with van der Waals surface area (Å²) >= 11 is 0. The van der Waals surface area contributed by atoms with E-state index in [1.54, 1.807) is 13.1 Å². The van der Waals surface area contributed by atoms with E-state index in [-0.39, 0.29) is 5.82 Å². The van der Waals surface area contributed by atoms with Crippen LogP contribution in [0.3, 0.4) is 0 Å². The molecule has 112 valence electrons. The van der Waals surface area contributed by atoms with Crippen molar-refractivity contribution in [3.05, 3.63) is 42.3 Å². The summed E-state index contributed by atoms with van der Waals surface area (Å²) in [5.74, 6) is -1.56. The van der Waals surface area contributed by atoms with Crippen LogP contribution < -0.4 is 0 Å². The van der Waals surface area contributed by atoms with Gasteiger partial charge in [-0.1, -0.05) is 5.16 Å². The van der Waals surface area contributed by atoms with E-state index in [0.29, 0.717) is 17.0 Å². The number of hydrogen-bond acceptors (Lipinski definition) is 6. The molecule has 0 radical (unpaired) electrons. The number of alkyl halides is 3. The first kappa shape index (κ1) is 14.1. The predicted octanol–water partition coefficient (Wildman–Crippen LogP) is 2.92. The minimum absolute atomic E-state index is 0.170. The fourth-order valence-electron chi connectivity index (χ4n) is 1.69. The normalized spacial score (nSPS) is 11.6. The largest absolute Gasteiger partial charge is 0.471 e. The Morgan fingerprint density at radius 2 is 1.86 bits per heavy atom. The van der Waals surface area contributed by atoms with Gasteiger partial charge >= 0.3 is 12.1 Å². The molecule has 3 rings (SSSR count). The van der Waals surface area contributed by atoms with Gasteiger partial charge in [-0.3, -0.25) is 15.0 Å². The highest BCUT2D eigenvalue weighted by atomic mass is 19.4. The number of hydrogen-bond donors (Lipinski definition) is 0. The van der Waals surface area contributed by atoms with Crippen molar-refractivity contribution in [3.8, 4) is 22.8 Å². The smallest absolute Gasteiger partial charge is 0.329 e. The zero-order valence-corrected chi connectivity index (χ0v) is 11.2. The van der Waals surface area contributed by atoms with Crippen molar-refractivity contribution < 1.29 is 17.7 Å². The molecular weight excluding hydrogens is 299 g/mol. The highest BCUT2D eigenvalue weighted by molar-refractivity contribution is 5.63. The lowest BCUT2D eigenvalue weighted by Crippen LogP contribution is -2.04. The van der Waals surface area contributed by atoms with Crippen molar-refractivity contribution in [1.29, 1.82) is 0 Å². The van der Waals surface area contributed by atoms with Crippen LogP contribution in [0.2, 0.25) is 0 Å². The monoisotopic (exact) mass is 307 g/mol. The molecule has 0 bridgehead atoms. The second kappa shape index (κ2) is 5.17. The average Bonchev–Trinajstić information content (AvgIpc) is 2.98. The molecule has 0 fully saturated rings. The maximum Gasteiger partial charge on any atom is 0.471 e. The van der Waals surface area contributed by atoms with Crippen molar-refractivity contribution in [2.45, 2.75) is 13.1 Å². The Hall–Kier alpha value is -2.84. The van der Waals surface area contributed by atoms with Crippen LogP contribution in [0.15, 0.2) is 35.2 Å². The molecule has 0 amide bonds. The highest BCUT2D eigenvalue weighted by Crippen LogP contribution is 2.29. The number of pyridine rings is 1. The summed E-state index contributed by atoms with van der Waals surface area (Å²) in [6.07, 6.45) is -0.155. The molecule has 0 aromatic carbocycles. The quantitative estimate of drug-likeness (QED) is 0.724. The topological polar surface area (TPSA) is 77.6 Å². The number of halogens is 3. The first-order valence-corrected chi connectivity index (χ1v) is 6.10. The van der Waals surface area contributed by atoms with Crippen molar-refractivity contribution in [1.82, 2.24) is 25.1 Å². The van der Waals surface area contributed by atoms with Crippen LogP contribution >= 0.6 is 0 Å². The number of aromatic nitrogens is 5. The molecule has 3 heterocycles. The van der Waals surface area contributed by atoms with Crippen LogP contribution in [0.4, 0.5) is 13.2 Å². The van der Waals surface area contributed by atoms with Crippen LogP contribution in [0, 0.1) is 6.92 Å². The summed E-state index contributed by atoms with van der Waals surface area (Å²) in [7, 11) is 0. The second-order valence-electron chi connectivity index (χ2n) is 4.39. The molecule has 0 saturated carbocycles. The van der Waals surface area contributed by atoms with Gasteiger partial charge in [0, 0.05) is 18.0 Å². The van der Waals surface area contributed by atoms with Gasteiger partial charge in [0.2, 0.25) is 5.82 Å². The molecular formula is C13H8F3N5O. The lowest BCUT2D eigenvalue weighted by Gasteiger charge is -2.01. The highest BCUT2D eigenvalue weighted by Gasteiger charge is 2.38. The molecule has 0 aliphatic heterocycles. The Morgan fingerprint density at radius 1 is 1.05 bits per heavy atom. The van der Waals surface area contributed by atoms with Gasteiger partial charge in [0.25, 0.3) is 0 Å². The third-order valence-corrected chi connectivity index (χ3v) is 2.73. The summed E-state index contributed by atoms with van der Waals surface area (Å²) in [5.41, 5.74) is 2.02. The van der Waals surface area contributed by atoms with E-state index in [1.807, 2.05) is 0 Å². The van der Waals surface area contributed by atoms with E-state index in [4.69, 9.17) is 0 Å². The summed E-state index contributed by atoms with van der Waals surface area (Å²) < 4.78 is 41.6. The van der Waals surface area contributed by atoms with E-state index in [0.717, 1.165) is 5.69 Å². The third-order valence-electron chi connectivity index (χ3n) is 2.73. The van der Waals surface area contributed by atoms with Crippen LogP contribution in [-0.4, -0.2) is 25.1 Å². The van der Waals surface area contributed by atoms with E-state index in [2.05, 4.69) is 29.6 Å². The van der Waals surface area contributed by atoms with Gasteiger partial charge < -0.3 is 4.52 Å². The Bertz CT molecular complexity index is 798. The zero-order valence-electron chi connectivity index (χ0n) is 11.2. The summed E-state index contributed by atoms with van der Waals surface area (Å²) in [6.45, 7) is 1.79. The number of nitrogens with zero attached hydrogens (tertiary/aromatic N) is 5. The predicted molar refractivity (Wildman–Crippen MR) is 68.3 cm³/mol. The van der Waals surface area contributed by atoms with E-state index >= 15 is 0 Å². The van der Waals surface area contributed by atoms with Crippen LogP contribution in [0.5, 0.6) is 0 Å². The Labute approximate surface area is 122 Å². The zero-order chi connectivity index (χ0) is 15.7. The standard InChI is InChI=1S/C13H8F3N5O/c1-7-5-19-10(6-18-7)9-4-8(2-3-17-9)11-20-12(22-21-11)13(14,15)16/h2-6H,1H3. The fourth-order valence-corrected chi connectivity index (χ4v) is 1.69. The van der Waals surface area contributed by atoms with E-state index < -0.39 is 12.1 Å². The lowest BCUT2D eigenvalue weighted by atomic mass is 10.2. The molecule has 9 heteroatoms. The second-order valence-corrected chi connectivity index (χ2v) is 4.39. The van der Waals surface area contributed by atoms with Gasteiger partial charge in [-0.15, -0.1) is 0 Å². The van der Waals surface area contributed by atoms with Crippen molar-refractivity contribution in [3.63, 3.8) is 0 Å². The molecule has 0 N–H and O–H groups in total. The van der Waals surface area contributed by atoms with Crippen molar-refractivity contribution in [2.75, 3.05) is 0 Å². The lowest BCUT2D eigenvalue weighted by molar-refractivity contribution is -0.159. The molecule has 0 spiro atoms.